The number of allylic oxidation sites excluding steroid dienone is 3. The summed E-state index contributed by atoms with van der Waals surface area (Å²) in [7, 11) is 0. The molecule has 2 aromatic rings. The average Bonchev–Trinajstić information content (AvgIpc) is 2.64. The molecule has 0 spiro atoms. The maximum atomic E-state index is 13.0. The molecular formula is C23H22O2. The molecule has 0 radical (unpaired) electrons. The van der Waals surface area contributed by atoms with Crippen LogP contribution >= 0.6 is 0 Å². The number of esters is 1. The first kappa shape index (κ1) is 15.9. The van der Waals surface area contributed by atoms with Crippen LogP contribution < -0.4 is 0 Å². The van der Waals surface area contributed by atoms with Crippen molar-refractivity contribution in [2.24, 2.45) is 5.92 Å². The molecule has 0 saturated carbocycles. The number of rotatable bonds is 2. The number of ether oxygens (including phenoxy) is 1. The lowest BCUT2D eigenvalue weighted by atomic mass is 9.74. The summed E-state index contributed by atoms with van der Waals surface area (Å²) in [6.45, 7) is 0. The van der Waals surface area contributed by atoms with Gasteiger partial charge < -0.3 is 4.74 Å². The van der Waals surface area contributed by atoms with Crippen molar-refractivity contribution >= 4 is 11.7 Å². The van der Waals surface area contributed by atoms with Crippen LogP contribution in [0.15, 0.2) is 78.4 Å². The quantitative estimate of drug-likeness (QED) is 0.538. The lowest BCUT2D eigenvalue weighted by molar-refractivity contribution is -0.140. The Morgan fingerprint density at radius 3 is 2.28 bits per heavy atom. The second-order valence-electron chi connectivity index (χ2n) is 6.72. The Morgan fingerprint density at radius 2 is 1.52 bits per heavy atom. The Kier molecular flexibility index (Phi) is 4.51. The summed E-state index contributed by atoms with van der Waals surface area (Å²) < 4.78 is 5.92. The molecule has 1 aliphatic heterocycles. The second kappa shape index (κ2) is 7.10. The van der Waals surface area contributed by atoms with Crippen molar-refractivity contribution in [3.05, 3.63) is 89.5 Å². The third-order valence-corrected chi connectivity index (χ3v) is 5.18. The summed E-state index contributed by atoms with van der Waals surface area (Å²) in [6.07, 6.45) is 8.44. The molecule has 2 heteroatoms. The van der Waals surface area contributed by atoms with Gasteiger partial charge in [-0.25, -0.2) is 0 Å². The van der Waals surface area contributed by atoms with Gasteiger partial charge in [0, 0.05) is 11.5 Å². The highest BCUT2D eigenvalue weighted by Gasteiger charge is 2.40. The molecule has 2 atom stereocenters. The van der Waals surface area contributed by atoms with Crippen LogP contribution in [0, 0.1) is 5.92 Å². The maximum absolute atomic E-state index is 13.0. The molecule has 2 aromatic carbocycles. The maximum Gasteiger partial charge on any atom is 0.319 e. The molecule has 1 heterocycles. The van der Waals surface area contributed by atoms with E-state index >= 15 is 0 Å². The molecule has 4 rings (SSSR count). The Hall–Kier alpha value is -2.61. The molecule has 1 aliphatic carbocycles. The van der Waals surface area contributed by atoms with E-state index in [-0.39, 0.29) is 17.8 Å². The predicted molar refractivity (Wildman–Crippen MR) is 99.7 cm³/mol. The lowest BCUT2D eigenvalue weighted by Gasteiger charge is -2.35. The molecule has 25 heavy (non-hydrogen) atoms. The minimum atomic E-state index is -0.199. The van der Waals surface area contributed by atoms with E-state index in [9.17, 15) is 4.79 Å². The fraction of sp³-hybridized carbons (Fsp3) is 0.261. The number of hydrogen-bond donors (Lipinski definition) is 0. The highest BCUT2D eigenvalue weighted by atomic mass is 16.5. The zero-order valence-electron chi connectivity index (χ0n) is 14.2. The van der Waals surface area contributed by atoms with Crippen molar-refractivity contribution in [3.8, 4) is 0 Å². The van der Waals surface area contributed by atoms with Crippen molar-refractivity contribution in [3.63, 3.8) is 0 Å². The number of cyclic esters (lactones) is 1. The van der Waals surface area contributed by atoms with Crippen LogP contribution in [0.5, 0.6) is 0 Å². The fourth-order valence-corrected chi connectivity index (χ4v) is 4.02. The van der Waals surface area contributed by atoms with Crippen LogP contribution in [-0.2, 0) is 9.53 Å². The average molecular weight is 330 g/mol. The number of benzene rings is 2. The van der Waals surface area contributed by atoms with Gasteiger partial charge in [-0.3, -0.25) is 4.79 Å². The number of fused-ring (bicyclic) bond motifs is 1. The van der Waals surface area contributed by atoms with E-state index in [2.05, 4.69) is 12.2 Å². The third kappa shape index (κ3) is 3.17. The van der Waals surface area contributed by atoms with Gasteiger partial charge in [-0.15, -0.1) is 0 Å². The van der Waals surface area contributed by atoms with Crippen LogP contribution in [0.3, 0.4) is 0 Å². The first-order valence-electron chi connectivity index (χ1n) is 9.04. The lowest BCUT2D eigenvalue weighted by Crippen LogP contribution is -2.31. The largest absolute Gasteiger partial charge is 0.425 e. The Balaban J connectivity index is 1.83. The molecule has 0 N–H and O–H groups in total. The van der Waals surface area contributed by atoms with E-state index in [0.717, 1.165) is 42.6 Å². The molecule has 0 amide bonds. The SMILES string of the molecule is O=C1OC(c2ccccc2)=C2CCC=CCC[C@H]2[C@H]1c1ccccc1. The van der Waals surface area contributed by atoms with E-state index in [0.29, 0.717) is 0 Å². The van der Waals surface area contributed by atoms with Gasteiger partial charge in [0.05, 0.1) is 5.92 Å². The van der Waals surface area contributed by atoms with Gasteiger partial charge in [0.1, 0.15) is 5.76 Å². The molecule has 0 fully saturated rings. The summed E-state index contributed by atoms with van der Waals surface area (Å²) in [5, 5.41) is 0. The van der Waals surface area contributed by atoms with Crippen LogP contribution in [0.1, 0.15) is 42.7 Å². The summed E-state index contributed by atoms with van der Waals surface area (Å²) in [5.74, 6) is 0.681. The molecule has 2 aliphatic rings. The molecule has 0 aromatic heterocycles. The van der Waals surface area contributed by atoms with E-state index in [4.69, 9.17) is 4.74 Å². The van der Waals surface area contributed by atoms with Gasteiger partial charge in [-0.05, 0) is 36.8 Å². The molecule has 0 bridgehead atoms. The smallest absolute Gasteiger partial charge is 0.319 e. The Bertz CT molecular complexity index is 803. The van der Waals surface area contributed by atoms with Crippen LogP contribution in [0.2, 0.25) is 0 Å². The fourth-order valence-electron chi connectivity index (χ4n) is 4.02. The highest BCUT2D eigenvalue weighted by molar-refractivity contribution is 5.88. The number of hydrogen-bond acceptors (Lipinski definition) is 2. The monoisotopic (exact) mass is 330 g/mol. The summed E-state index contributed by atoms with van der Waals surface area (Å²) in [6, 6.07) is 20.1. The first-order valence-corrected chi connectivity index (χ1v) is 9.04. The first-order chi connectivity index (χ1) is 12.3. The molecule has 2 nitrogen and oxygen atoms in total. The molecular weight excluding hydrogens is 308 g/mol. The van der Waals surface area contributed by atoms with E-state index in [1.165, 1.54) is 5.57 Å². The molecule has 126 valence electrons. The van der Waals surface area contributed by atoms with Crippen molar-refractivity contribution in [2.75, 3.05) is 0 Å². The Labute approximate surface area is 148 Å². The van der Waals surface area contributed by atoms with Crippen LogP contribution in [-0.4, -0.2) is 5.97 Å². The molecule has 0 saturated heterocycles. The highest BCUT2D eigenvalue weighted by Crippen LogP contribution is 2.45. The van der Waals surface area contributed by atoms with E-state index in [1.807, 2.05) is 60.7 Å². The summed E-state index contributed by atoms with van der Waals surface area (Å²) in [5.41, 5.74) is 3.36. The molecule has 0 unspecified atom stereocenters. The minimum Gasteiger partial charge on any atom is -0.425 e. The predicted octanol–water partition coefficient (Wildman–Crippen LogP) is 5.48. The second-order valence-corrected chi connectivity index (χ2v) is 6.72. The minimum absolute atomic E-state index is 0.122. The number of carbonyl (C=O) groups excluding carboxylic acids is 1. The zero-order chi connectivity index (χ0) is 17.1. The van der Waals surface area contributed by atoms with Crippen LogP contribution in [0.4, 0.5) is 0 Å². The standard InChI is InChI=1S/C23H22O2/c24-23-21(17-11-5-3-6-12-17)19-15-9-1-2-10-16-20(19)22(25-23)18-13-7-4-8-14-18/h1-8,11-14,19,21H,9-10,15-16H2/t19-,21-/m1/s1. The van der Waals surface area contributed by atoms with Crippen LogP contribution in [0.25, 0.3) is 5.76 Å². The third-order valence-electron chi connectivity index (χ3n) is 5.18. The van der Waals surface area contributed by atoms with E-state index < -0.39 is 0 Å². The van der Waals surface area contributed by atoms with Crippen molar-refractivity contribution in [2.45, 2.75) is 31.6 Å². The zero-order valence-corrected chi connectivity index (χ0v) is 14.2. The van der Waals surface area contributed by atoms with Gasteiger partial charge in [0.15, 0.2) is 0 Å². The van der Waals surface area contributed by atoms with Gasteiger partial charge in [0.25, 0.3) is 0 Å². The van der Waals surface area contributed by atoms with Gasteiger partial charge in [-0.2, -0.15) is 0 Å². The van der Waals surface area contributed by atoms with Crippen molar-refractivity contribution in [1.82, 2.24) is 0 Å². The van der Waals surface area contributed by atoms with Gasteiger partial charge >= 0.3 is 5.97 Å². The topological polar surface area (TPSA) is 26.3 Å². The summed E-state index contributed by atoms with van der Waals surface area (Å²) >= 11 is 0. The number of carbonyl (C=O) groups is 1. The van der Waals surface area contributed by atoms with Gasteiger partial charge in [0.2, 0.25) is 0 Å². The van der Waals surface area contributed by atoms with Crippen molar-refractivity contribution in [1.29, 1.82) is 0 Å². The summed E-state index contributed by atoms with van der Waals surface area (Å²) in [4.78, 5) is 13.0. The Morgan fingerprint density at radius 1 is 0.840 bits per heavy atom. The van der Waals surface area contributed by atoms with Crippen molar-refractivity contribution < 1.29 is 9.53 Å². The van der Waals surface area contributed by atoms with Gasteiger partial charge in [-0.1, -0.05) is 72.8 Å². The normalized spacial score (nSPS) is 23.4. The van der Waals surface area contributed by atoms with E-state index in [1.54, 1.807) is 0 Å².